The average Bonchev–Trinajstić information content (AvgIpc) is 3.47. The maximum atomic E-state index is 13.0. The van der Waals surface area contributed by atoms with Crippen LogP contribution in [-0.4, -0.2) is 31.5 Å². The van der Waals surface area contributed by atoms with Crippen LogP contribution in [0, 0.1) is 6.92 Å². The molecule has 3 N–H and O–H groups in total. The molecule has 6 heteroatoms. The van der Waals surface area contributed by atoms with E-state index in [-0.39, 0.29) is 18.4 Å². The van der Waals surface area contributed by atoms with E-state index in [1.54, 1.807) is 7.11 Å². The normalized spacial score (nSPS) is 14.3. The third-order valence-corrected chi connectivity index (χ3v) is 4.42. The van der Waals surface area contributed by atoms with Gasteiger partial charge in [-0.05, 0) is 43.0 Å². The molecule has 142 valence electrons. The molecule has 2 amide bonds. The second-order valence-corrected chi connectivity index (χ2v) is 6.76. The largest absolute Gasteiger partial charge is 0.495 e. The Hall–Kier alpha value is -2.86. The molecular formula is C21H25N3O3. The molecule has 0 aliphatic heterocycles. The second-order valence-electron chi connectivity index (χ2n) is 6.76. The third-order valence-electron chi connectivity index (χ3n) is 4.42. The van der Waals surface area contributed by atoms with Crippen molar-refractivity contribution < 1.29 is 14.3 Å². The van der Waals surface area contributed by atoms with Crippen molar-refractivity contribution in [1.29, 1.82) is 0 Å². The molecule has 0 saturated heterocycles. The molecule has 0 heterocycles. The fourth-order valence-electron chi connectivity index (χ4n) is 2.83. The summed E-state index contributed by atoms with van der Waals surface area (Å²) in [6.45, 7) is 2.03. The number of methoxy groups -OCH3 is 1. The molecule has 27 heavy (non-hydrogen) atoms. The molecule has 1 fully saturated rings. The standard InChI is InChI=1S/C21H25N3O3/c1-14-8-11-18(27-2)17(12-14)24-21(26)20(15-6-4-3-5-7-15)22-13-19(25)23-16-9-10-16/h3-8,11-12,16,20,22H,9-10,13H2,1-2H3,(H,23,25)(H,24,26). The van der Waals surface area contributed by atoms with Gasteiger partial charge in [-0.25, -0.2) is 0 Å². The summed E-state index contributed by atoms with van der Waals surface area (Å²) in [5, 5.41) is 8.92. The van der Waals surface area contributed by atoms with Crippen molar-refractivity contribution in [2.45, 2.75) is 31.8 Å². The average molecular weight is 367 g/mol. The molecule has 0 spiro atoms. The maximum Gasteiger partial charge on any atom is 0.246 e. The Morgan fingerprint density at radius 2 is 1.89 bits per heavy atom. The van der Waals surface area contributed by atoms with Crippen molar-refractivity contribution >= 4 is 17.5 Å². The van der Waals surface area contributed by atoms with Gasteiger partial charge in [0.05, 0.1) is 19.3 Å². The summed E-state index contributed by atoms with van der Waals surface area (Å²) < 4.78 is 5.34. The van der Waals surface area contributed by atoms with Gasteiger partial charge in [-0.3, -0.25) is 14.9 Å². The molecule has 1 atom stereocenters. The number of carbonyl (C=O) groups excluding carboxylic acids is 2. The first-order valence-electron chi connectivity index (χ1n) is 9.10. The van der Waals surface area contributed by atoms with Crippen molar-refractivity contribution in [2.75, 3.05) is 19.0 Å². The summed E-state index contributed by atoms with van der Waals surface area (Å²) >= 11 is 0. The van der Waals surface area contributed by atoms with E-state index in [0.717, 1.165) is 24.0 Å². The van der Waals surface area contributed by atoms with E-state index in [4.69, 9.17) is 4.74 Å². The molecule has 0 radical (unpaired) electrons. The first-order chi connectivity index (χ1) is 13.1. The number of amides is 2. The van der Waals surface area contributed by atoms with Crippen LogP contribution < -0.4 is 20.7 Å². The van der Waals surface area contributed by atoms with E-state index in [2.05, 4.69) is 16.0 Å². The number of ether oxygens (including phenoxy) is 1. The van der Waals surface area contributed by atoms with Gasteiger partial charge in [-0.2, -0.15) is 0 Å². The minimum Gasteiger partial charge on any atom is -0.495 e. The number of hydrogen-bond acceptors (Lipinski definition) is 4. The number of nitrogens with one attached hydrogen (secondary N) is 3. The fourth-order valence-corrected chi connectivity index (χ4v) is 2.83. The van der Waals surface area contributed by atoms with Gasteiger partial charge in [0, 0.05) is 6.04 Å². The summed E-state index contributed by atoms with van der Waals surface area (Å²) in [5.41, 5.74) is 2.41. The molecule has 2 aromatic carbocycles. The number of anilines is 1. The van der Waals surface area contributed by atoms with Gasteiger partial charge < -0.3 is 15.4 Å². The molecule has 1 saturated carbocycles. The van der Waals surface area contributed by atoms with Gasteiger partial charge >= 0.3 is 0 Å². The Kier molecular flexibility index (Phi) is 6.08. The SMILES string of the molecule is COc1ccc(C)cc1NC(=O)C(NCC(=O)NC1CC1)c1ccccc1. The van der Waals surface area contributed by atoms with E-state index < -0.39 is 6.04 Å². The number of rotatable bonds is 8. The van der Waals surface area contributed by atoms with E-state index in [0.29, 0.717) is 17.5 Å². The van der Waals surface area contributed by atoms with Crippen molar-refractivity contribution in [3.8, 4) is 5.75 Å². The highest BCUT2D eigenvalue weighted by Crippen LogP contribution is 2.26. The molecule has 1 aliphatic rings. The van der Waals surface area contributed by atoms with Crippen LogP contribution in [0.15, 0.2) is 48.5 Å². The minimum absolute atomic E-state index is 0.0778. The lowest BCUT2D eigenvalue weighted by atomic mass is 10.1. The highest BCUT2D eigenvalue weighted by molar-refractivity contribution is 5.97. The maximum absolute atomic E-state index is 13.0. The summed E-state index contributed by atoms with van der Waals surface area (Å²) in [6.07, 6.45) is 2.06. The van der Waals surface area contributed by atoms with Crippen LogP contribution in [0.4, 0.5) is 5.69 Å². The van der Waals surface area contributed by atoms with Crippen molar-refractivity contribution in [3.63, 3.8) is 0 Å². The van der Waals surface area contributed by atoms with E-state index >= 15 is 0 Å². The smallest absolute Gasteiger partial charge is 0.246 e. The van der Waals surface area contributed by atoms with E-state index in [1.807, 2.05) is 55.5 Å². The number of hydrogen-bond donors (Lipinski definition) is 3. The van der Waals surface area contributed by atoms with Gasteiger partial charge in [0.2, 0.25) is 11.8 Å². The van der Waals surface area contributed by atoms with Crippen molar-refractivity contribution in [1.82, 2.24) is 10.6 Å². The highest BCUT2D eigenvalue weighted by atomic mass is 16.5. The Balaban J connectivity index is 1.74. The number of benzene rings is 2. The van der Waals surface area contributed by atoms with Crippen LogP contribution >= 0.6 is 0 Å². The van der Waals surface area contributed by atoms with E-state index in [9.17, 15) is 9.59 Å². The first kappa shape index (κ1) is 18.9. The lowest BCUT2D eigenvalue weighted by Gasteiger charge is -2.20. The summed E-state index contributed by atoms with van der Waals surface area (Å²) in [5.74, 6) is 0.246. The Bertz CT molecular complexity index is 804. The monoisotopic (exact) mass is 367 g/mol. The fraction of sp³-hybridized carbons (Fsp3) is 0.333. The number of carbonyl (C=O) groups is 2. The molecule has 6 nitrogen and oxygen atoms in total. The molecule has 1 aliphatic carbocycles. The lowest BCUT2D eigenvalue weighted by molar-refractivity contribution is -0.121. The highest BCUT2D eigenvalue weighted by Gasteiger charge is 2.25. The zero-order valence-corrected chi connectivity index (χ0v) is 15.6. The van der Waals surface area contributed by atoms with Gasteiger partial charge in [0.1, 0.15) is 11.8 Å². The Morgan fingerprint density at radius 1 is 1.15 bits per heavy atom. The lowest BCUT2D eigenvalue weighted by Crippen LogP contribution is -2.40. The molecule has 1 unspecified atom stereocenters. The van der Waals surface area contributed by atoms with E-state index in [1.165, 1.54) is 0 Å². The van der Waals surface area contributed by atoms with Crippen molar-refractivity contribution in [3.05, 3.63) is 59.7 Å². The van der Waals surface area contributed by atoms with Crippen LogP contribution in [0.3, 0.4) is 0 Å². The zero-order chi connectivity index (χ0) is 19.2. The minimum atomic E-state index is -0.652. The van der Waals surface area contributed by atoms with Crippen LogP contribution in [0.1, 0.15) is 30.0 Å². The molecule has 2 aromatic rings. The van der Waals surface area contributed by atoms with Crippen LogP contribution in [0.5, 0.6) is 5.75 Å². The van der Waals surface area contributed by atoms with Gasteiger partial charge in [-0.15, -0.1) is 0 Å². The predicted molar refractivity (Wildman–Crippen MR) is 105 cm³/mol. The van der Waals surface area contributed by atoms with Gasteiger partial charge in [-0.1, -0.05) is 36.4 Å². The molecule has 0 aromatic heterocycles. The van der Waals surface area contributed by atoms with Gasteiger partial charge in [0.15, 0.2) is 0 Å². The Labute approximate surface area is 159 Å². The van der Waals surface area contributed by atoms with Crippen LogP contribution in [-0.2, 0) is 9.59 Å². The molecule has 0 bridgehead atoms. The summed E-state index contributed by atoms with van der Waals surface area (Å²) in [7, 11) is 1.56. The topological polar surface area (TPSA) is 79.5 Å². The predicted octanol–water partition coefficient (Wildman–Crippen LogP) is 2.55. The van der Waals surface area contributed by atoms with Crippen LogP contribution in [0.25, 0.3) is 0 Å². The van der Waals surface area contributed by atoms with Gasteiger partial charge in [0.25, 0.3) is 0 Å². The summed E-state index contributed by atoms with van der Waals surface area (Å²) in [4.78, 5) is 25.0. The quantitative estimate of drug-likeness (QED) is 0.670. The second kappa shape index (κ2) is 8.68. The molecule has 3 rings (SSSR count). The number of aryl methyl sites for hydroxylation is 1. The van der Waals surface area contributed by atoms with Crippen LogP contribution in [0.2, 0.25) is 0 Å². The Morgan fingerprint density at radius 3 is 2.56 bits per heavy atom. The third kappa shape index (κ3) is 5.31. The first-order valence-corrected chi connectivity index (χ1v) is 9.10. The summed E-state index contributed by atoms with van der Waals surface area (Å²) in [6, 6.07) is 14.6. The zero-order valence-electron chi connectivity index (χ0n) is 15.6. The molecular weight excluding hydrogens is 342 g/mol. The van der Waals surface area contributed by atoms with Crippen molar-refractivity contribution in [2.24, 2.45) is 0 Å².